The maximum absolute atomic E-state index is 13.2. The van der Waals surface area contributed by atoms with Crippen LogP contribution in [0, 0.1) is 5.82 Å². The first kappa shape index (κ1) is 10.9. The van der Waals surface area contributed by atoms with Gasteiger partial charge in [0.2, 0.25) is 0 Å². The van der Waals surface area contributed by atoms with Crippen LogP contribution < -0.4 is 10.5 Å². The van der Waals surface area contributed by atoms with E-state index < -0.39 is 5.82 Å². The van der Waals surface area contributed by atoms with Crippen molar-refractivity contribution >= 4 is 17.3 Å². The number of nitrogens with two attached hydrogens (primary N) is 1. The molecule has 2 N–H and O–H groups in total. The van der Waals surface area contributed by atoms with E-state index in [4.69, 9.17) is 22.1 Å². The maximum atomic E-state index is 13.2. The zero-order valence-electron chi connectivity index (χ0n) is 7.76. The Labute approximate surface area is 87.1 Å². The first-order chi connectivity index (χ1) is 6.65. The van der Waals surface area contributed by atoms with E-state index in [9.17, 15) is 4.39 Å². The lowest BCUT2D eigenvalue weighted by Crippen LogP contribution is -2.00. The molecule has 0 aliphatic carbocycles. The molecule has 0 amide bonds. The van der Waals surface area contributed by atoms with Crippen molar-refractivity contribution in [3.8, 4) is 5.75 Å². The summed E-state index contributed by atoms with van der Waals surface area (Å²) < 4.78 is 18.3. The highest BCUT2D eigenvalue weighted by Gasteiger charge is 2.08. The summed E-state index contributed by atoms with van der Waals surface area (Å²) in [6.07, 6.45) is 3.57. The van der Waals surface area contributed by atoms with Crippen molar-refractivity contribution in [3.63, 3.8) is 0 Å². The number of halogens is 2. The molecule has 2 nitrogen and oxygen atoms in total. The molecule has 0 spiro atoms. The molecule has 1 aromatic rings. The van der Waals surface area contributed by atoms with Crippen molar-refractivity contribution in [1.29, 1.82) is 0 Å². The molecule has 1 rings (SSSR count). The number of hydrogen-bond donors (Lipinski definition) is 1. The standard InChI is InChI=1S/C10H11ClFNO/c1-2-3-4-14-10-8(12)5-7(11)6-9(10)13/h2-3,5-6H,4,13H2,1H3/b3-2+. The Morgan fingerprint density at radius 2 is 2.29 bits per heavy atom. The van der Waals surface area contributed by atoms with Crippen molar-refractivity contribution in [3.05, 3.63) is 35.1 Å². The average molecular weight is 216 g/mol. The topological polar surface area (TPSA) is 35.2 Å². The molecule has 0 aliphatic heterocycles. The van der Waals surface area contributed by atoms with Crippen LogP contribution in [0.25, 0.3) is 0 Å². The molecule has 76 valence electrons. The highest BCUT2D eigenvalue weighted by atomic mass is 35.5. The monoisotopic (exact) mass is 215 g/mol. The summed E-state index contributed by atoms with van der Waals surface area (Å²) in [5.41, 5.74) is 5.74. The Balaban J connectivity index is 2.85. The average Bonchev–Trinajstić information content (AvgIpc) is 2.09. The molecule has 0 aromatic heterocycles. The molecule has 14 heavy (non-hydrogen) atoms. The molecule has 0 saturated carbocycles. The van der Waals surface area contributed by atoms with Crippen molar-refractivity contribution in [2.24, 2.45) is 0 Å². The summed E-state index contributed by atoms with van der Waals surface area (Å²) in [5.74, 6) is -0.494. The molecule has 0 unspecified atom stereocenters. The van der Waals surface area contributed by atoms with Crippen LogP contribution in [0.15, 0.2) is 24.3 Å². The van der Waals surface area contributed by atoms with Crippen LogP contribution >= 0.6 is 11.6 Å². The van der Waals surface area contributed by atoms with Crippen molar-refractivity contribution in [2.75, 3.05) is 12.3 Å². The number of anilines is 1. The van der Waals surface area contributed by atoms with Gasteiger partial charge in [-0.3, -0.25) is 0 Å². The van der Waals surface area contributed by atoms with Crippen molar-refractivity contribution in [1.82, 2.24) is 0 Å². The molecule has 1 aromatic carbocycles. The van der Waals surface area contributed by atoms with Crippen molar-refractivity contribution in [2.45, 2.75) is 6.92 Å². The Morgan fingerprint density at radius 1 is 1.57 bits per heavy atom. The summed E-state index contributed by atoms with van der Waals surface area (Å²) in [6.45, 7) is 2.14. The lowest BCUT2D eigenvalue weighted by atomic mass is 10.3. The fraction of sp³-hybridized carbons (Fsp3) is 0.200. The fourth-order valence-corrected chi connectivity index (χ4v) is 1.17. The number of ether oxygens (including phenoxy) is 1. The van der Waals surface area contributed by atoms with Gasteiger partial charge in [-0.15, -0.1) is 0 Å². The van der Waals surface area contributed by atoms with E-state index in [1.54, 1.807) is 6.08 Å². The van der Waals surface area contributed by atoms with E-state index in [1.165, 1.54) is 12.1 Å². The Morgan fingerprint density at radius 3 is 2.86 bits per heavy atom. The summed E-state index contributed by atoms with van der Waals surface area (Å²) in [6, 6.07) is 2.62. The van der Waals surface area contributed by atoms with E-state index in [0.717, 1.165) is 0 Å². The highest BCUT2D eigenvalue weighted by Crippen LogP contribution is 2.28. The Kier molecular flexibility index (Phi) is 3.77. The minimum Gasteiger partial charge on any atom is -0.484 e. The third-order valence-electron chi connectivity index (χ3n) is 1.60. The van der Waals surface area contributed by atoms with E-state index in [0.29, 0.717) is 6.61 Å². The number of benzene rings is 1. The van der Waals surface area contributed by atoms with Gasteiger partial charge in [0.05, 0.1) is 5.69 Å². The van der Waals surface area contributed by atoms with Crippen LogP contribution in [-0.2, 0) is 0 Å². The van der Waals surface area contributed by atoms with E-state index in [2.05, 4.69) is 0 Å². The van der Waals surface area contributed by atoms with Gasteiger partial charge in [0.25, 0.3) is 0 Å². The van der Waals surface area contributed by atoms with Gasteiger partial charge in [-0.25, -0.2) is 4.39 Å². The van der Waals surface area contributed by atoms with Crippen molar-refractivity contribution < 1.29 is 9.13 Å². The first-order valence-electron chi connectivity index (χ1n) is 4.13. The molecule has 0 bridgehead atoms. The summed E-state index contributed by atoms with van der Waals surface area (Å²) in [4.78, 5) is 0. The Bertz CT molecular complexity index is 329. The molecule has 0 radical (unpaired) electrons. The second-order valence-corrected chi connectivity index (χ2v) is 3.12. The van der Waals surface area contributed by atoms with Gasteiger partial charge in [-0.2, -0.15) is 0 Å². The number of nitrogen functional groups attached to an aromatic ring is 1. The molecule has 0 heterocycles. The van der Waals surface area contributed by atoms with Crippen LogP contribution in [0.1, 0.15) is 6.92 Å². The fourth-order valence-electron chi connectivity index (χ4n) is 0.960. The van der Waals surface area contributed by atoms with Gasteiger partial charge in [-0.1, -0.05) is 23.8 Å². The quantitative estimate of drug-likeness (QED) is 0.622. The second kappa shape index (κ2) is 4.86. The second-order valence-electron chi connectivity index (χ2n) is 2.69. The molecule has 0 saturated heterocycles. The van der Waals surface area contributed by atoms with Crippen LogP contribution in [0.2, 0.25) is 5.02 Å². The molecular formula is C10H11ClFNO. The number of allylic oxidation sites excluding steroid dienone is 1. The van der Waals surface area contributed by atoms with Gasteiger partial charge in [-0.05, 0) is 19.1 Å². The maximum Gasteiger partial charge on any atom is 0.178 e. The smallest absolute Gasteiger partial charge is 0.178 e. The SMILES string of the molecule is C/C=C/COc1c(N)cc(Cl)cc1F. The minimum atomic E-state index is -0.542. The van der Waals surface area contributed by atoms with Crippen LogP contribution in [-0.4, -0.2) is 6.61 Å². The Hall–Kier alpha value is -1.22. The highest BCUT2D eigenvalue weighted by molar-refractivity contribution is 6.30. The molecule has 0 aliphatic rings. The van der Waals surface area contributed by atoms with Gasteiger partial charge in [0.1, 0.15) is 6.61 Å². The summed E-state index contributed by atoms with van der Waals surface area (Å²) in [7, 11) is 0. The van der Waals surface area contributed by atoms with Gasteiger partial charge < -0.3 is 10.5 Å². The van der Waals surface area contributed by atoms with Crippen LogP contribution in [0.3, 0.4) is 0 Å². The summed E-state index contributed by atoms with van der Waals surface area (Å²) >= 11 is 5.59. The predicted octanol–water partition coefficient (Wildman–Crippen LogP) is 3.02. The third kappa shape index (κ3) is 2.64. The zero-order chi connectivity index (χ0) is 10.6. The van der Waals surface area contributed by atoms with E-state index in [-0.39, 0.29) is 16.5 Å². The van der Waals surface area contributed by atoms with Gasteiger partial charge in [0, 0.05) is 5.02 Å². The first-order valence-corrected chi connectivity index (χ1v) is 4.51. The number of rotatable bonds is 3. The molecule has 4 heteroatoms. The zero-order valence-corrected chi connectivity index (χ0v) is 8.51. The third-order valence-corrected chi connectivity index (χ3v) is 1.81. The van der Waals surface area contributed by atoms with E-state index >= 15 is 0 Å². The lowest BCUT2D eigenvalue weighted by molar-refractivity contribution is 0.343. The van der Waals surface area contributed by atoms with Crippen LogP contribution in [0.5, 0.6) is 5.75 Å². The molecule has 0 fully saturated rings. The van der Waals surface area contributed by atoms with E-state index in [1.807, 2.05) is 13.0 Å². The normalized spacial score (nSPS) is 10.8. The molecular weight excluding hydrogens is 205 g/mol. The van der Waals surface area contributed by atoms with Gasteiger partial charge >= 0.3 is 0 Å². The minimum absolute atomic E-state index is 0.0486. The summed E-state index contributed by atoms with van der Waals surface area (Å²) in [5, 5.41) is 0.262. The largest absolute Gasteiger partial charge is 0.484 e. The lowest BCUT2D eigenvalue weighted by Gasteiger charge is -2.08. The molecule has 0 atom stereocenters. The van der Waals surface area contributed by atoms with Gasteiger partial charge in [0.15, 0.2) is 11.6 Å². The number of hydrogen-bond acceptors (Lipinski definition) is 2. The van der Waals surface area contributed by atoms with Crippen LogP contribution in [0.4, 0.5) is 10.1 Å². The predicted molar refractivity (Wildman–Crippen MR) is 56.1 cm³/mol.